The van der Waals surface area contributed by atoms with Gasteiger partial charge in [-0.25, -0.2) is 8.42 Å². The van der Waals surface area contributed by atoms with E-state index >= 15 is 0 Å². The Morgan fingerprint density at radius 3 is 2.42 bits per heavy atom. The number of nitrogens with zero attached hydrogens (tertiary/aromatic N) is 1. The fraction of sp³-hybridized carbons (Fsp3) is 0.261. The first-order valence-corrected chi connectivity index (χ1v) is 11.3. The molecule has 31 heavy (non-hydrogen) atoms. The van der Waals surface area contributed by atoms with Gasteiger partial charge in [0, 0.05) is 24.9 Å². The van der Waals surface area contributed by atoms with Crippen LogP contribution in [0.4, 0.5) is 5.69 Å². The van der Waals surface area contributed by atoms with Gasteiger partial charge >= 0.3 is 0 Å². The van der Waals surface area contributed by atoms with E-state index in [2.05, 4.69) is 4.72 Å². The van der Waals surface area contributed by atoms with Gasteiger partial charge in [0.2, 0.25) is 0 Å². The minimum absolute atomic E-state index is 0.0803. The number of benzene rings is 2. The highest BCUT2D eigenvalue weighted by molar-refractivity contribution is 7.92. The zero-order chi connectivity index (χ0) is 22.4. The Hall–Kier alpha value is -3.10. The number of hydrogen-bond donors (Lipinski definition) is 1. The second-order valence-electron chi connectivity index (χ2n) is 7.23. The van der Waals surface area contributed by atoms with Crippen molar-refractivity contribution in [2.75, 3.05) is 25.0 Å². The van der Waals surface area contributed by atoms with Crippen LogP contribution in [0.2, 0.25) is 0 Å². The summed E-state index contributed by atoms with van der Waals surface area (Å²) < 4.78 is 38.5. The zero-order valence-electron chi connectivity index (χ0n) is 17.8. The quantitative estimate of drug-likeness (QED) is 0.541. The van der Waals surface area contributed by atoms with Crippen molar-refractivity contribution in [3.05, 3.63) is 83.3 Å². The molecule has 3 aromatic rings. The molecule has 0 spiro atoms. The monoisotopic (exact) mass is 442 g/mol. The van der Waals surface area contributed by atoms with Gasteiger partial charge in [-0.05, 0) is 73.5 Å². The number of anilines is 1. The van der Waals surface area contributed by atoms with Crippen LogP contribution in [-0.2, 0) is 21.3 Å². The van der Waals surface area contributed by atoms with E-state index in [9.17, 15) is 13.2 Å². The molecule has 8 heteroatoms. The Morgan fingerprint density at radius 2 is 1.81 bits per heavy atom. The van der Waals surface area contributed by atoms with Crippen molar-refractivity contribution in [1.29, 1.82) is 0 Å². The molecule has 0 radical (unpaired) electrons. The first kappa shape index (κ1) is 22.6. The number of carbonyl (C=O) groups excluding carboxylic acids is 1. The summed E-state index contributed by atoms with van der Waals surface area (Å²) in [6.07, 6.45) is 1.55. The maximum Gasteiger partial charge on any atom is 0.261 e. The summed E-state index contributed by atoms with van der Waals surface area (Å²) >= 11 is 0. The van der Waals surface area contributed by atoms with Crippen LogP contribution in [0.5, 0.6) is 0 Å². The molecule has 1 amide bonds. The number of hydrogen-bond acceptors (Lipinski definition) is 5. The number of ether oxygens (including phenoxy) is 1. The first-order chi connectivity index (χ1) is 14.8. The van der Waals surface area contributed by atoms with Crippen molar-refractivity contribution in [3.63, 3.8) is 0 Å². The van der Waals surface area contributed by atoms with Gasteiger partial charge in [-0.15, -0.1) is 0 Å². The third kappa shape index (κ3) is 5.74. The minimum Gasteiger partial charge on any atom is -0.467 e. The molecule has 0 atom stereocenters. The number of sulfonamides is 1. The van der Waals surface area contributed by atoms with Crippen molar-refractivity contribution in [3.8, 4) is 0 Å². The number of methoxy groups -OCH3 is 1. The van der Waals surface area contributed by atoms with Crippen LogP contribution < -0.4 is 4.72 Å². The molecule has 0 unspecified atom stereocenters. The van der Waals surface area contributed by atoms with Crippen LogP contribution in [-0.4, -0.2) is 39.5 Å². The largest absolute Gasteiger partial charge is 0.467 e. The maximum atomic E-state index is 13.0. The highest BCUT2D eigenvalue weighted by atomic mass is 32.2. The van der Waals surface area contributed by atoms with Crippen LogP contribution in [0.25, 0.3) is 0 Å². The molecule has 1 aromatic heterocycles. The molecule has 0 aliphatic rings. The van der Waals surface area contributed by atoms with Crippen LogP contribution in [0.3, 0.4) is 0 Å². The molecule has 164 valence electrons. The summed E-state index contributed by atoms with van der Waals surface area (Å²) in [6, 6.07) is 14.8. The second-order valence-corrected chi connectivity index (χ2v) is 8.91. The van der Waals surface area contributed by atoms with Gasteiger partial charge in [-0.3, -0.25) is 9.52 Å². The van der Waals surface area contributed by atoms with Crippen molar-refractivity contribution >= 4 is 21.6 Å². The van der Waals surface area contributed by atoms with Gasteiger partial charge < -0.3 is 14.1 Å². The molecule has 0 saturated carbocycles. The van der Waals surface area contributed by atoms with Crippen molar-refractivity contribution in [2.24, 2.45) is 0 Å². The molecule has 1 N–H and O–H groups in total. The molecular formula is C23H26N2O5S. The average Bonchev–Trinajstić information content (AvgIpc) is 3.26. The highest BCUT2D eigenvalue weighted by Gasteiger charge is 2.19. The normalized spacial score (nSPS) is 11.3. The zero-order valence-corrected chi connectivity index (χ0v) is 18.6. The summed E-state index contributed by atoms with van der Waals surface area (Å²) in [7, 11) is -2.20. The van der Waals surface area contributed by atoms with E-state index in [0.717, 1.165) is 11.1 Å². The SMILES string of the molecule is COCCN(Cc1ccco1)C(=O)c1ccc(S(=O)(=O)Nc2ccc(C)c(C)c2)cc1. The van der Waals surface area contributed by atoms with Crippen molar-refractivity contribution in [2.45, 2.75) is 25.3 Å². The molecule has 3 rings (SSSR count). The first-order valence-electron chi connectivity index (χ1n) is 9.81. The molecule has 7 nitrogen and oxygen atoms in total. The predicted octanol–water partition coefficient (Wildman–Crippen LogP) is 3.99. The number of aryl methyl sites for hydroxylation is 2. The van der Waals surface area contributed by atoms with Gasteiger partial charge in [-0.2, -0.15) is 0 Å². The Kier molecular flexibility index (Phi) is 7.14. The lowest BCUT2D eigenvalue weighted by molar-refractivity contribution is 0.0666. The molecule has 0 aliphatic carbocycles. The van der Waals surface area contributed by atoms with Gasteiger partial charge in [0.05, 0.1) is 24.3 Å². The average molecular weight is 443 g/mol. The number of amides is 1. The lowest BCUT2D eigenvalue weighted by atomic mass is 10.1. The Balaban J connectivity index is 1.76. The van der Waals surface area contributed by atoms with E-state index in [1.165, 1.54) is 24.3 Å². The van der Waals surface area contributed by atoms with Crippen LogP contribution >= 0.6 is 0 Å². The van der Waals surface area contributed by atoms with Gasteiger partial charge in [0.1, 0.15) is 5.76 Å². The van der Waals surface area contributed by atoms with E-state index in [0.29, 0.717) is 36.7 Å². The fourth-order valence-corrected chi connectivity index (χ4v) is 4.07. The summed E-state index contributed by atoms with van der Waals surface area (Å²) in [4.78, 5) is 14.6. The topological polar surface area (TPSA) is 88.8 Å². The van der Waals surface area contributed by atoms with Crippen molar-refractivity contribution in [1.82, 2.24) is 4.90 Å². The smallest absolute Gasteiger partial charge is 0.261 e. The molecule has 2 aromatic carbocycles. The second kappa shape index (κ2) is 9.80. The summed E-state index contributed by atoms with van der Waals surface area (Å²) in [5.41, 5.74) is 2.95. The van der Waals surface area contributed by atoms with Crippen LogP contribution in [0.1, 0.15) is 27.2 Å². The lowest BCUT2D eigenvalue weighted by Crippen LogP contribution is -2.33. The lowest BCUT2D eigenvalue weighted by Gasteiger charge is -2.21. The minimum atomic E-state index is -3.77. The number of furan rings is 1. The predicted molar refractivity (Wildman–Crippen MR) is 118 cm³/mol. The number of rotatable bonds is 9. The summed E-state index contributed by atoms with van der Waals surface area (Å²) in [5.74, 6) is 0.417. The Bertz CT molecular complexity index is 1120. The summed E-state index contributed by atoms with van der Waals surface area (Å²) in [6.45, 7) is 4.93. The Labute approximate surface area is 182 Å². The van der Waals surface area contributed by atoms with Crippen LogP contribution in [0.15, 0.2) is 70.2 Å². The summed E-state index contributed by atoms with van der Waals surface area (Å²) in [5, 5.41) is 0. The number of nitrogens with one attached hydrogen (secondary N) is 1. The van der Waals surface area contributed by atoms with Gasteiger partial charge in [0.15, 0.2) is 0 Å². The molecule has 1 heterocycles. The highest BCUT2D eigenvalue weighted by Crippen LogP contribution is 2.20. The molecule has 0 fully saturated rings. The molecule has 0 aliphatic heterocycles. The van der Waals surface area contributed by atoms with E-state index < -0.39 is 10.0 Å². The van der Waals surface area contributed by atoms with Crippen molar-refractivity contribution < 1.29 is 22.4 Å². The molecular weight excluding hydrogens is 416 g/mol. The molecule has 0 saturated heterocycles. The standard InChI is InChI=1S/C23H26N2O5S/c1-17-6-9-20(15-18(17)2)24-31(27,28)22-10-7-19(8-11-22)23(26)25(12-14-29-3)16-21-5-4-13-30-21/h4-11,13,15,24H,12,14,16H2,1-3H3. The third-order valence-corrected chi connectivity index (χ3v) is 6.35. The molecule has 0 bridgehead atoms. The van der Waals surface area contributed by atoms with E-state index in [1.807, 2.05) is 19.9 Å². The van der Waals surface area contributed by atoms with Gasteiger partial charge in [-0.1, -0.05) is 6.07 Å². The number of carbonyl (C=O) groups is 1. The van der Waals surface area contributed by atoms with E-state index in [-0.39, 0.29) is 10.8 Å². The van der Waals surface area contributed by atoms with Crippen LogP contribution in [0, 0.1) is 13.8 Å². The fourth-order valence-electron chi connectivity index (χ4n) is 3.02. The Morgan fingerprint density at radius 1 is 1.06 bits per heavy atom. The van der Waals surface area contributed by atoms with Gasteiger partial charge in [0.25, 0.3) is 15.9 Å². The van der Waals surface area contributed by atoms with E-state index in [1.54, 1.807) is 42.5 Å². The third-order valence-electron chi connectivity index (χ3n) is 4.95. The maximum absolute atomic E-state index is 13.0. The van der Waals surface area contributed by atoms with E-state index in [4.69, 9.17) is 9.15 Å².